The molecule has 2 aliphatic rings. The summed E-state index contributed by atoms with van der Waals surface area (Å²) in [6.07, 6.45) is -4.88. The van der Waals surface area contributed by atoms with Crippen molar-refractivity contribution in [2.45, 2.75) is 75.2 Å². The summed E-state index contributed by atoms with van der Waals surface area (Å²) in [5, 5.41) is 21.5. The number of aliphatic carboxylic acids is 2. The number of carboxylic acids is 2. The quantitative estimate of drug-likeness (QED) is 0.210. The number of nitrogens with zero attached hydrogens (tertiary/aromatic N) is 4. The van der Waals surface area contributed by atoms with E-state index in [2.05, 4.69) is 25.6 Å². The number of carboxylic acid groups (broad SMARTS) is 2. The average molecular weight is 715 g/mol. The summed E-state index contributed by atoms with van der Waals surface area (Å²) in [5.74, 6) is -4.44. The highest BCUT2D eigenvalue weighted by molar-refractivity contribution is 5.73. The molecule has 2 aromatic heterocycles. The number of piperidine rings is 1. The molecule has 1 aromatic carbocycles. The van der Waals surface area contributed by atoms with Crippen LogP contribution < -0.4 is 15.5 Å². The monoisotopic (exact) mass is 714 g/mol. The lowest BCUT2D eigenvalue weighted by molar-refractivity contribution is -0.193. The molecule has 1 aliphatic carbocycles. The van der Waals surface area contributed by atoms with Gasteiger partial charge < -0.3 is 30.2 Å². The summed E-state index contributed by atoms with van der Waals surface area (Å²) in [6.45, 7) is 1.39. The van der Waals surface area contributed by atoms with Gasteiger partial charge in [-0.25, -0.2) is 24.5 Å². The molecule has 1 saturated carbocycles. The van der Waals surface area contributed by atoms with E-state index >= 15 is 0 Å². The van der Waals surface area contributed by atoms with Crippen LogP contribution in [0.4, 0.5) is 51.5 Å². The Hall–Kier alpha value is -4.62. The zero-order valence-corrected chi connectivity index (χ0v) is 25.3. The first kappa shape index (κ1) is 38.8. The highest BCUT2D eigenvalue weighted by Crippen LogP contribution is 2.30. The molecule has 49 heavy (non-hydrogen) atoms. The van der Waals surface area contributed by atoms with Crippen molar-refractivity contribution in [3.63, 3.8) is 0 Å². The molecule has 0 bridgehead atoms. The fourth-order valence-electron chi connectivity index (χ4n) is 4.97. The molecule has 11 nitrogen and oxygen atoms in total. The van der Waals surface area contributed by atoms with Gasteiger partial charge in [-0.1, -0.05) is 43.2 Å². The Morgan fingerprint density at radius 1 is 0.776 bits per heavy atom. The number of hydrogen-bond donors (Lipinski definition) is 4. The molecule has 3 atom stereocenters. The second kappa shape index (κ2) is 16.7. The van der Waals surface area contributed by atoms with Crippen LogP contribution >= 0.6 is 0 Å². The number of benzene rings is 1. The van der Waals surface area contributed by atoms with Crippen LogP contribution in [-0.4, -0.2) is 80.7 Å². The molecule has 4 N–H and O–H groups in total. The standard InChI is InChI=1S/C25H29F3N6O.2C2HF3O2/c26-25(27,28)18-13-29-23(30-14-18)34-12-6-9-19(16-34)32-20-10-4-5-11-21(20)33-24-31-15-22(35-24)17-7-2-1-3-8-17;2*3-2(4,5)1(6)7/h1-3,7-8,13-15,19-21,32H,4-6,9-12,16H2,(H,31,33);2*(H,6,7)/t19-,20+,21+;;/m0../s1. The van der Waals surface area contributed by atoms with Crippen molar-refractivity contribution in [2.75, 3.05) is 23.3 Å². The van der Waals surface area contributed by atoms with Crippen molar-refractivity contribution >= 4 is 23.9 Å². The molecular weight excluding hydrogens is 683 g/mol. The van der Waals surface area contributed by atoms with E-state index in [-0.39, 0.29) is 18.1 Å². The molecule has 5 rings (SSSR count). The molecule has 3 heterocycles. The Bertz CT molecular complexity index is 1460. The van der Waals surface area contributed by atoms with Gasteiger partial charge in [0.2, 0.25) is 5.95 Å². The molecule has 1 saturated heterocycles. The van der Waals surface area contributed by atoms with Crippen molar-refractivity contribution in [1.29, 1.82) is 0 Å². The number of hydrogen-bond acceptors (Lipinski definition) is 9. The predicted octanol–water partition coefficient (Wildman–Crippen LogP) is 6.40. The van der Waals surface area contributed by atoms with E-state index in [9.17, 15) is 39.5 Å². The van der Waals surface area contributed by atoms with Crippen LogP contribution in [0.1, 0.15) is 44.1 Å². The molecule has 0 spiro atoms. The minimum Gasteiger partial charge on any atom is -0.475 e. The number of halogens is 9. The van der Waals surface area contributed by atoms with E-state index < -0.39 is 36.0 Å². The lowest BCUT2D eigenvalue weighted by Crippen LogP contribution is -2.55. The van der Waals surface area contributed by atoms with Gasteiger partial charge in [-0.15, -0.1) is 0 Å². The summed E-state index contributed by atoms with van der Waals surface area (Å²) in [6, 6.07) is 11.0. The zero-order valence-electron chi connectivity index (χ0n) is 25.3. The van der Waals surface area contributed by atoms with Gasteiger partial charge in [0.1, 0.15) is 0 Å². The zero-order chi connectivity index (χ0) is 36.4. The number of carbonyl (C=O) groups is 2. The van der Waals surface area contributed by atoms with Crippen LogP contribution in [-0.2, 0) is 15.8 Å². The Kier molecular flexibility index (Phi) is 13.2. The van der Waals surface area contributed by atoms with Crippen LogP contribution in [0.2, 0.25) is 0 Å². The highest BCUT2D eigenvalue weighted by atomic mass is 19.4. The minimum atomic E-state index is -5.08. The van der Waals surface area contributed by atoms with Gasteiger partial charge in [-0.05, 0) is 25.7 Å². The molecule has 270 valence electrons. The van der Waals surface area contributed by atoms with Crippen LogP contribution in [0, 0.1) is 0 Å². The minimum absolute atomic E-state index is 0.184. The van der Waals surface area contributed by atoms with E-state index in [4.69, 9.17) is 24.2 Å². The lowest BCUT2D eigenvalue weighted by Gasteiger charge is -2.39. The third kappa shape index (κ3) is 12.4. The Morgan fingerprint density at radius 2 is 1.33 bits per heavy atom. The first-order valence-electron chi connectivity index (χ1n) is 14.6. The number of rotatable bonds is 6. The van der Waals surface area contributed by atoms with Crippen molar-refractivity contribution < 1.29 is 63.7 Å². The summed E-state index contributed by atoms with van der Waals surface area (Å²) in [5.41, 5.74) is 0.158. The van der Waals surface area contributed by atoms with Gasteiger partial charge in [-0.3, -0.25) is 0 Å². The molecule has 0 radical (unpaired) electrons. The van der Waals surface area contributed by atoms with Crippen molar-refractivity contribution in [1.82, 2.24) is 20.3 Å². The van der Waals surface area contributed by atoms with Crippen LogP contribution in [0.15, 0.2) is 53.3 Å². The normalized spacial score (nSPS) is 19.9. The molecule has 2 fully saturated rings. The highest BCUT2D eigenvalue weighted by Gasteiger charge is 2.39. The molecule has 20 heteroatoms. The second-order valence-corrected chi connectivity index (χ2v) is 10.9. The van der Waals surface area contributed by atoms with Gasteiger partial charge in [-0.2, -0.15) is 39.5 Å². The number of alkyl halides is 9. The van der Waals surface area contributed by atoms with Gasteiger partial charge >= 0.3 is 30.5 Å². The molecule has 0 unspecified atom stereocenters. The SMILES string of the molecule is FC(F)(F)c1cnc(N2CCC[C@H](N[C@@H]3CCCC[C@H]3Nc3ncc(-c4ccccc4)o3)C2)nc1.O=C(O)C(F)(F)F.O=C(O)C(F)(F)F. The third-order valence-electron chi connectivity index (χ3n) is 7.24. The largest absolute Gasteiger partial charge is 0.490 e. The van der Waals surface area contributed by atoms with Gasteiger partial charge in [0.15, 0.2) is 5.76 Å². The molecule has 3 aromatic rings. The van der Waals surface area contributed by atoms with Crippen LogP contribution in [0.25, 0.3) is 11.3 Å². The van der Waals surface area contributed by atoms with Crippen LogP contribution in [0.5, 0.6) is 0 Å². The molecule has 1 aliphatic heterocycles. The first-order valence-corrected chi connectivity index (χ1v) is 14.6. The fraction of sp³-hybridized carbons (Fsp3) is 0.483. The number of aromatic nitrogens is 3. The lowest BCUT2D eigenvalue weighted by atomic mass is 9.89. The number of oxazole rings is 1. The molecular formula is C29H31F9N6O5. The average Bonchev–Trinajstić information content (AvgIpc) is 3.50. The van der Waals surface area contributed by atoms with E-state index in [1.807, 2.05) is 35.2 Å². The maximum absolute atomic E-state index is 12.8. The number of anilines is 2. The Labute approximate surface area is 272 Å². The maximum atomic E-state index is 12.8. The molecule has 0 amide bonds. The van der Waals surface area contributed by atoms with Gasteiger partial charge in [0.05, 0.1) is 11.8 Å². The van der Waals surface area contributed by atoms with E-state index in [0.29, 0.717) is 18.5 Å². The maximum Gasteiger partial charge on any atom is 0.490 e. The summed E-state index contributed by atoms with van der Waals surface area (Å²) in [4.78, 5) is 32.2. The fourth-order valence-corrected chi connectivity index (χ4v) is 4.97. The Balaban J connectivity index is 0.000000392. The van der Waals surface area contributed by atoms with Gasteiger partial charge in [0.25, 0.3) is 6.01 Å². The summed E-state index contributed by atoms with van der Waals surface area (Å²) >= 11 is 0. The van der Waals surface area contributed by atoms with Crippen molar-refractivity contribution in [2.24, 2.45) is 0 Å². The Morgan fingerprint density at radius 3 is 1.86 bits per heavy atom. The van der Waals surface area contributed by atoms with Crippen molar-refractivity contribution in [3.05, 3.63) is 54.5 Å². The topological polar surface area (TPSA) is 154 Å². The predicted molar refractivity (Wildman–Crippen MR) is 154 cm³/mol. The smallest absolute Gasteiger partial charge is 0.475 e. The third-order valence-corrected chi connectivity index (χ3v) is 7.24. The summed E-state index contributed by atoms with van der Waals surface area (Å²) in [7, 11) is 0. The van der Waals surface area contributed by atoms with E-state index in [1.54, 1.807) is 6.20 Å². The first-order chi connectivity index (χ1) is 22.8. The van der Waals surface area contributed by atoms with Gasteiger partial charge in [0, 0.05) is 49.2 Å². The summed E-state index contributed by atoms with van der Waals surface area (Å²) < 4.78 is 108. The van der Waals surface area contributed by atoms with Crippen LogP contribution in [0.3, 0.4) is 0 Å². The second-order valence-electron chi connectivity index (χ2n) is 10.9. The van der Waals surface area contributed by atoms with E-state index in [0.717, 1.165) is 68.8 Å². The van der Waals surface area contributed by atoms with E-state index in [1.165, 1.54) is 0 Å². The number of nitrogens with one attached hydrogen (secondary N) is 2. The van der Waals surface area contributed by atoms with Crippen molar-refractivity contribution in [3.8, 4) is 11.3 Å².